The average Bonchev–Trinajstić information content (AvgIpc) is 2.67. The van der Waals surface area contributed by atoms with Crippen LogP contribution in [0.3, 0.4) is 0 Å². The molecule has 0 aliphatic carbocycles. The Balaban J connectivity index is 1.68. The van der Waals surface area contributed by atoms with Crippen LogP contribution in [0.25, 0.3) is 0 Å². The van der Waals surface area contributed by atoms with E-state index in [9.17, 15) is 9.59 Å². The van der Waals surface area contributed by atoms with E-state index in [1.807, 2.05) is 29.2 Å². The largest absolute Gasteiger partial charge is 0.477 e. The topological polar surface area (TPSA) is 59.1 Å². The van der Waals surface area contributed by atoms with E-state index in [0.29, 0.717) is 25.9 Å². The van der Waals surface area contributed by atoms with Crippen molar-refractivity contribution in [2.45, 2.75) is 38.2 Å². The number of ether oxygens (including phenoxy) is 2. The van der Waals surface area contributed by atoms with Crippen LogP contribution in [-0.2, 0) is 14.3 Å². The number of benzene rings is 1. The summed E-state index contributed by atoms with van der Waals surface area (Å²) in [7, 11) is 1.40. The van der Waals surface area contributed by atoms with Crippen LogP contribution in [0.1, 0.15) is 32.1 Å². The zero-order chi connectivity index (χ0) is 17.6. The first-order valence-corrected chi connectivity index (χ1v) is 9.05. The van der Waals surface area contributed by atoms with Gasteiger partial charge < -0.3 is 19.3 Å². The first-order chi connectivity index (χ1) is 12.2. The van der Waals surface area contributed by atoms with Gasteiger partial charge in [0.25, 0.3) is 5.91 Å². The smallest absolute Gasteiger partial charge is 0.305 e. The zero-order valence-electron chi connectivity index (χ0n) is 14.8. The Morgan fingerprint density at radius 3 is 2.72 bits per heavy atom. The Morgan fingerprint density at radius 2 is 1.96 bits per heavy atom. The Bertz CT molecular complexity index is 613. The average molecular weight is 346 g/mol. The lowest BCUT2D eigenvalue weighted by atomic mass is 10.1. The maximum atomic E-state index is 12.8. The Kier molecular flexibility index (Phi) is 5.79. The number of hydrogen-bond acceptors (Lipinski definition) is 5. The lowest BCUT2D eigenvalue weighted by Gasteiger charge is -2.38. The minimum atomic E-state index is -0.480. The monoisotopic (exact) mass is 346 g/mol. The summed E-state index contributed by atoms with van der Waals surface area (Å²) in [5.41, 5.74) is 0.982. The highest BCUT2D eigenvalue weighted by molar-refractivity contribution is 5.83. The molecule has 1 unspecified atom stereocenters. The number of fused-ring (bicyclic) bond motifs is 1. The number of anilines is 1. The van der Waals surface area contributed by atoms with E-state index in [2.05, 4.69) is 4.90 Å². The molecular weight excluding hydrogens is 320 g/mol. The first-order valence-electron chi connectivity index (χ1n) is 9.05. The summed E-state index contributed by atoms with van der Waals surface area (Å²) in [6, 6.07) is 7.77. The summed E-state index contributed by atoms with van der Waals surface area (Å²) in [5, 5.41) is 0. The first kappa shape index (κ1) is 17.6. The molecule has 2 aliphatic heterocycles. The van der Waals surface area contributed by atoms with E-state index < -0.39 is 6.10 Å². The van der Waals surface area contributed by atoms with Crippen LogP contribution < -0.4 is 9.64 Å². The van der Waals surface area contributed by atoms with Crippen LogP contribution in [0, 0.1) is 0 Å². The van der Waals surface area contributed by atoms with E-state index in [1.165, 1.54) is 13.5 Å². The van der Waals surface area contributed by atoms with Crippen molar-refractivity contribution in [3.8, 4) is 5.75 Å². The van der Waals surface area contributed by atoms with E-state index in [4.69, 9.17) is 9.47 Å². The molecule has 1 aromatic rings. The molecule has 0 aromatic heterocycles. The fourth-order valence-electron chi connectivity index (χ4n) is 3.48. The number of esters is 1. The van der Waals surface area contributed by atoms with E-state index in [1.54, 1.807) is 0 Å². The molecule has 6 nitrogen and oxygen atoms in total. The van der Waals surface area contributed by atoms with Gasteiger partial charge in [0.05, 0.1) is 19.3 Å². The van der Waals surface area contributed by atoms with Crippen molar-refractivity contribution in [3.63, 3.8) is 0 Å². The van der Waals surface area contributed by atoms with Gasteiger partial charge in [-0.05, 0) is 37.8 Å². The number of rotatable bonds is 5. The van der Waals surface area contributed by atoms with Gasteiger partial charge in [0, 0.05) is 26.1 Å². The molecule has 1 fully saturated rings. The van der Waals surface area contributed by atoms with Crippen LogP contribution in [0.2, 0.25) is 0 Å². The third-order valence-corrected chi connectivity index (χ3v) is 4.84. The molecule has 0 spiro atoms. The van der Waals surface area contributed by atoms with Crippen molar-refractivity contribution >= 4 is 17.6 Å². The Hall–Kier alpha value is -2.24. The van der Waals surface area contributed by atoms with Crippen molar-refractivity contribution < 1.29 is 19.1 Å². The minimum Gasteiger partial charge on any atom is -0.477 e. The predicted octanol–water partition coefficient (Wildman–Crippen LogP) is 2.22. The van der Waals surface area contributed by atoms with Crippen molar-refractivity contribution in [2.75, 3.05) is 38.2 Å². The molecular formula is C19H26N2O4. The van der Waals surface area contributed by atoms with Gasteiger partial charge >= 0.3 is 5.97 Å². The summed E-state index contributed by atoms with van der Waals surface area (Å²) in [6.45, 7) is 2.86. The van der Waals surface area contributed by atoms with Crippen LogP contribution in [0.15, 0.2) is 24.3 Å². The fraction of sp³-hybridized carbons (Fsp3) is 0.579. The molecule has 3 rings (SSSR count). The van der Waals surface area contributed by atoms with Crippen molar-refractivity contribution in [3.05, 3.63) is 24.3 Å². The summed E-state index contributed by atoms with van der Waals surface area (Å²) < 4.78 is 10.7. The van der Waals surface area contributed by atoms with Crippen LogP contribution >= 0.6 is 0 Å². The van der Waals surface area contributed by atoms with Gasteiger partial charge in [0.2, 0.25) is 0 Å². The summed E-state index contributed by atoms with van der Waals surface area (Å²) in [6.07, 6.45) is 3.91. The number of piperidine rings is 1. The molecule has 1 atom stereocenters. The van der Waals surface area contributed by atoms with E-state index in [-0.39, 0.29) is 11.9 Å². The molecule has 0 bridgehead atoms. The van der Waals surface area contributed by atoms with Crippen molar-refractivity contribution in [2.24, 2.45) is 0 Å². The van der Waals surface area contributed by atoms with Gasteiger partial charge in [-0.3, -0.25) is 9.59 Å². The number of amides is 1. The van der Waals surface area contributed by atoms with Crippen LogP contribution in [-0.4, -0.2) is 56.2 Å². The number of hydrogen-bond donors (Lipinski definition) is 0. The molecule has 6 heteroatoms. The van der Waals surface area contributed by atoms with Crippen LogP contribution in [0.5, 0.6) is 5.75 Å². The normalized spacial score (nSPS) is 19.8. The fourth-order valence-corrected chi connectivity index (χ4v) is 3.48. The molecule has 1 aromatic carbocycles. The highest BCUT2D eigenvalue weighted by Crippen LogP contribution is 2.33. The maximum absolute atomic E-state index is 12.8. The number of para-hydroxylation sites is 2. The second-order valence-electron chi connectivity index (χ2n) is 6.59. The molecule has 2 aliphatic rings. The number of nitrogens with zero attached hydrogens (tertiary/aromatic N) is 2. The maximum Gasteiger partial charge on any atom is 0.305 e. The van der Waals surface area contributed by atoms with Gasteiger partial charge in [-0.2, -0.15) is 0 Å². The molecule has 0 N–H and O–H groups in total. The van der Waals surface area contributed by atoms with Gasteiger partial charge in [0.15, 0.2) is 6.10 Å². The summed E-state index contributed by atoms with van der Waals surface area (Å²) >= 11 is 0. The zero-order valence-corrected chi connectivity index (χ0v) is 14.8. The number of carbonyl (C=O) groups is 2. The summed E-state index contributed by atoms with van der Waals surface area (Å²) in [4.78, 5) is 28.3. The minimum absolute atomic E-state index is 0.0761. The van der Waals surface area contributed by atoms with Gasteiger partial charge in [0.1, 0.15) is 5.75 Å². The molecule has 136 valence electrons. The second-order valence-corrected chi connectivity index (χ2v) is 6.59. The van der Waals surface area contributed by atoms with Gasteiger partial charge in [-0.15, -0.1) is 0 Å². The third-order valence-electron chi connectivity index (χ3n) is 4.84. The highest BCUT2D eigenvalue weighted by atomic mass is 16.5. The van der Waals surface area contributed by atoms with Gasteiger partial charge in [-0.25, -0.2) is 0 Å². The third kappa shape index (κ3) is 4.24. The Labute approximate surface area is 148 Å². The molecule has 0 saturated carbocycles. The van der Waals surface area contributed by atoms with Gasteiger partial charge in [-0.1, -0.05) is 12.1 Å². The molecule has 25 heavy (non-hydrogen) atoms. The Morgan fingerprint density at radius 1 is 1.20 bits per heavy atom. The molecule has 1 amide bonds. The molecule has 1 saturated heterocycles. The summed E-state index contributed by atoms with van der Waals surface area (Å²) in [5.74, 6) is 0.608. The molecule has 2 heterocycles. The van der Waals surface area contributed by atoms with Crippen molar-refractivity contribution in [1.29, 1.82) is 0 Å². The molecule has 0 radical (unpaired) electrons. The highest BCUT2D eigenvalue weighted by Gasteiger charge is 2.33. The number of likely N-dealkylation sites (tertiary alicyclic amines) is 1. The van der Waals surface area contributed by atoms with Crippen LogP contribution in [0.4, 0.5) is 5.69 Å². The lowest BCUT2D eigenvalue weighted by molar-refractivity contribution is -0.141. The predicted molar refractivity (Wildman–Crippen MR) is 94.8 cm³/mol. The second kappa shape index (κ2) is 8.23. The van der Waals surface area contributed by atoms with E-state index >= 15 is 0 Å². The van der Waals surface area contributed by atoms with Crippen molar-refractivity contribution in [1.82, 2.24) is 4.90 Å². The van der Waals surface area contributed by atoms with E-state index in [0.717, 1.165) is 37.4 Å². The lowest BCUT2D eigenvalue weighted by Crippen LogP contribution is -2.51. The standard InChI is InChI=1S/C19H26N2O4/c1-24-18(22)10-7-13-21-14-17(19(23)20-11-5-2-6-12-20)25-16-9-4-3-8-15(16)21/h3-4,8-9,17H,2,5-7,10-14H2,1H3. The quantitative estimate of drug-likeness (QED) is 0.765. The number of methoxy groups -OCH3 is 1. The SMILES string of the molecule is COC(=O)CCCN1CC(C(=O)N2CCCCC2)Oc2ccccc21. The number of carbonyl (C=O) groups excluding carboxylic acids is 2.